The van der Waals surface area contributed by atoms with E-state index in [9.17, 15) is 9.59 Å². The minimum atomic E-state index is -0.254. The monoisotopic (exact) mass is 421 g/mol. The summed E-state index contributed by atoms with van der Waals surface area (Å²) in [4.78, 5) is 36.8. The third-order valence-electron chi connectivity index (χ3n) is 5.82. The highest BCUT2D eigenvalue weighted by atomic mass is 32.1. The number of likely N-dealkylation sites (tertiary alicyclic amines) is 1. The molecule has 3 heterocycles. The first-order valence-corrected chi connectivity index (χ1v) is 11.0. The maximum Gasteiger partial charge on any atom is 0.323 e. The predicted octanol–water partition coefficient (Wildman–Crippen LogP) is 3.67. The average molecular weight is 422 g/mol. The third kappa shape index (κ3) is 3.64. The van der Waals surface area contributed by atoms with Crippen LogP contribution in [0.3, 0.4) is 0 Å². The van der Waals surface area contributed by atoms with E-state index in [1.807, 2.05) is 19.1 Å². The van der Waals surface area contributed by atoms with Gasteiger partial charge in [0.1, 0.15) is 0 Å². The minimum absolute atomic E-state index is 0.0443. The van der Waals surface area contributed by atoms with Crippen molar-refractivity contribution in [3.05, 3.63) is 58.0 Å². The fourth-order valence-corrected chi connectivity index (χ4v) is 5.24. The van der Waals surface area contributed by atoms with Crippen LogP contribution in [-0.4, -0.2) is 44.9 Å². The van der Waals surface area contributed by atoms with E-state index in [0.717, 1.165) is 42.0 Å². The zero-order valence-electron chi connectivity index (χ0n) is 16.6. The van der Waals surface area contributed by atoms with E-state index in [1.54, 1.807) is 29.5 Å². The Morgan fingerprint density at radius 1 is 1.23 bits per heavy atom. The predicted molar refractivity (Wildman–Crippen MR) is 120 cm³/mol. The summed E-state index contributed by atoms with van der Waals surface area (Å²) in [5, 5.41) is 4.15. The molecular formula is C22H23N5O2S. The van der Waals surface area contributed by atoms with Crippen LogP contribution >= 0.6 is 11.3 Å². The number of anilines is 1. The summed E-state index contributed by atoms with van der Waals surface area (Å²) in [6, 6.07) is 13.4. The standard InChI is InChI=1S/C22H23N5O2S/c1-13(20(28)23-15-8-9-16-18(11-15)26-22(29)25-16)27-10-4-5-14(12-27)21-24-17-6-2-3-7-19(17)30-21/h2-3,6-9,11,13-14H,4-5,10,12H2,1H3,(H,23,28)(H2,25,26,29). The molecule has 3 N–H and O–H groups in total. The molecule has 7 nitrogen and oxygen atoms in total. The molecule has 2 aromatic heterocycles. The molecule has 5 rings (SSSR count). The topological polar surface area (TPSA) is 93.9 Å². The Morgan fingerprint density at radius 2 is 2.07 bits per heavy atom. The van der Waals surface area contributed by atoms with E-state index >= 15 is 0 Å². The first-order valence-electron chi connectivity index (χ1n) is 10.2. The summed E-state index contributed by atoms with van der Waals surface area (Å²) in [5.41, 5.74) is 2.88. The number of hydrogen-bond acceptors (Lipinski definition) is 5. The lowest BCUT2D eigenvalue weighted by Crippen LogP contribution is -2.46. The molecular weight excluding hydrogens is 398 g/mol. The molecule has 2 aromatic carbocycles. The maximum atomic E-state index is 12.9. The molecule has 4 aromatic rings. The molecule has 1 aliphatic heterocycles. The summed E-state index contributed by atoms with van der Waals surface area (Å²) < 4.78 is 1.22. The number of rotatable bonds is 4. The number of H-pyrrole nitrogens is 2. The molecule has 1 amide bonds. The highest BCUT2D eigenvalue weighted by molar-refractivity contribution is 7.18. The third-order valence-corrected chi connectivity index (χ3v) is 7.02. The van der Waals surface area contributed by atoms with Crippen molar-refractivity contribution in [1.82, 2.24) is 19.9 Å². The van der Waals surface area contributed by atoms with Crippen LogP contribution in [0.25, 0.3) is 21.3 Å². The van der Waals surface area contributed by atoms with Crippen LogP contribution in [0.1, 0.15) is 30.7 Å². The van der Waals surface area contributed by atoms with Crippen molar-refractivity contribution in [3.8, 4) is 0 Å². The molecule has 0 saturated carbocycles. The van der Waals surface area contributed by atoms with Crippen LogP contribution in [-0.2, 0) is 4.79 Å². The Morgan fingerprint density at radius 3 is 2.93 bits per heavy atom. The fraction of sp³-hybridized carbons (Fsp3) is 0.318. The van der Waals surface area contributed by atoms with Gasteiger partial charge in [0, 0.05) is 18.2 Å². The van der Waals surface area contributed by atoms with Crippen molar-refractivity contribution in [3.63, 3.8) is 0 Å². The number of aromatic nitrogens is 3. The fourth-order valence-electron chi connectivity index (χ4n) is 4.15. The summed E-state index contributed by atoms with van der Waals surface area (Å²) >= 11 is 1.76. The molecule has 2 unspecified atom stereocenters. The lowest BCUT2D eigenvalue weighted by atomic mass is 9.97. The van der Waals surface area contributed by atoms with Gasteiger partial charge < -0.3 is 15.3 Å². The second kappa shape index (κ2) is 7.70. The van der Waals surface area contributed by atoms with Gasteiger partial charge >= 0.3 is 5.69 Å². The van der Waals surface area contributed by atoms with E-state index < -0.39 is 0 Å². The number of fused-ring (bicyclic) bond motifs is 2. The van der Waals surface area contributed by atoms with Gasteiger partial charge in [0.15, 0.2) is 0 Å². The number of carbonyl (C=O) groups is 1. The molecule has 2 atom stereocenters. The highest BCUT2D eigenvalue weighted by Gasteiger charge is 2.29. The van der Waals surface area contributed by atoms with E-state index in [0.29, 0.717) is 17.1 Å². The summed E-state index contributed by atoms with van der Waals surface area (Å²) in [6.07, 6.45) is 2.15. The van der Waals surface area contributed by atoms with Gasteiger partial charge in [-0.15, -0.1) is 11.3 Å². The number of thiazole rings is 1. The number of hydrogen-bond donors (Lipinski definition) is 3. The van der Waals surface area contributed by atoms with Crippen LogP contribution in [0, 0.1) is 0 Å². The zero-order valence-corrected chi connectivity index (χ0v) is 17.5. The Labute approximate surface area is 177 Å². The molecule has 1 saturated heterocycles. The van der Waals surface area contributed by atoms with Crippen molar-refractivity contribution >= 4 is 44.2 Å². The molecule has 154 valence electrons. The largest absolute Gasteiger partial charge is 0.325 e. The summed E-state index contributed by atoms with van der Waals surface area (Å²) in [7, 11) is 0. The lowest BCUT2D eigenvalue weighted by molar-refractivity contribution is -0.121. The van der Waals surface area contributed by atoms with Crippen molar-refractivity contribution in [2.75, 3.05) is 18.4 Å². The first-order chi connectivity index (χ1) is 14.6. The summed E-state index contributed by atoms with van der Waals surface area (Å²) in [6.45, 7) is 3.69. The molecule has 8 heteroatoms. The Kier molecular flexibility index (Phi) is 4.88. The van der Waals surface area contributed by atoms with Crippen molar-refractivity contribution < 1.29 is 4.79 Å². The number of nitrogens with one attached hydrogen (secondary N) is 3. The smallest absolute Gasteiger partial charge is 0.323 e. The number of amides is 1. The summed E-state index contributed by atoms with van der Waals surface area (Å²) in [5.74, 6) is 0.310. The quantitative estimate of drug-likeness (QED) is 0.469. The Hall–Kier alpha value is -2.97. The highest BCUT2D eigenvalue weighted by Crippen LogP contribution is 2.33. The number of aromatic amines is 2. The lowest BCUT2D eigenvalue weighted by Gasteiger charge is -2.35. The van der Waals surface area contributed by atoms with Gasteiger partial charge in [-0.05, 0) is 56.6 Å². The number of piperidine rings is 1. The van der Waals surface area contributed by atoms with Gasteiger partial charge in [-0.1, -0.05) is 12.1 Å². The number of para-hydroxylation sites is 1. The van der Waals surface area contributed by atoms with Crippen molar-refractivity contribution in [2.24, 2.45) is 0 Å². The molecule has 1 fully saturated rings. The molecule has 0 aliphatic carbocycles. The van der Waals surface area contributed by atoms with E-state index in [4.69, 9.17) is 4.98 Å². The van der Waals surface area contributed by atoms with Crippen LogP contribution in [0.5, 0.6) is 0 Å². The number of nitrogens with zero attached hydrogens (tertiary/aromatic N) is 2. The number of benzene rings is 2. The minimum Gasteiger partial charge on any atom is -0.325 e. The van der Waals surface area contributed by atoms with Crippen molar-refractivity contribution in [2.45, 2.75) is 31.7 Å². The SMILES string of the molecule is CC(C(=O)Nc1ccc2[nH]c(=O)[nH]c2c1)N1CCCC(c2nc3ccccc3s2)C1. The first kappa shape index (κ1) is 19.0. The molecule has 0 bridgehead atoms. The average Bonchev–Trinajstić information content (AvgIpc) is 3.35. The maximum absolute atomic E-state index is 12.9. The molecule has 0 spiro atoms. The van der Waals surface area contributed by atoms with Gasteiger partial charge in [0.2, 0.25) is 5.91 Å². The zero-order chi connectivity index (χ0) is 20.7. The van der Waals surface area contributed by atoms with Gasteiger partial charge in [0.25, 0.3) is 0 Å². The van der Waals surface area contributed by atoms with Gasteiger partial charge in [-0.3, -0.25) is 9.69 Å². The van der Waals surface area contributed by atoms with Crippen LogP contribution in [0.15, 0.2) is 47.3 Å². The molecule has 30 heavy (non-hydrogen) atoms. The van der Waals surface area contributed by atoms with Crippen molar-refractivity contribution in [1.29, 1.82) is 0 Å². The van der Waals surface area contributed by atoms with Crippen LogP contribution < -0.4 is 11.0 Å². The van der Waals surface area contributed by atoms with E-state index in [-0.39, 0.29) is 17.6 Å². The molecule has 0 radical (unpaired) electrons. The Balaban J connectivity index is 1.28. The van der Waals surface area contributed by atoms with E-state index in [1.165, 1.54) is 4.70 Å². The van der Waals surface area contributed by atoms with Gasteiger partial charge in [-0.2, -0.15) is 0 Å². The van der Waals surface area contributed by atoms with Crippen LogP contribution in [0.2, 0.25) is 0 Å². The van der Waals surface area contributed by atoms with Crippen LogP contribution in [0.4, 0.5) is 5.69 Å². The van der Waals surface area contributed by atoms with Gasteiger partial charge in [-0.25, -0.2) is 9.78 Å². The molecule has 1 aliphatic rings. The normalized spacial score (nSPS) is 18.6. The Bertz CT molecular complexity index is 1240. The second-order valence-corrected chi connectivity index (χ2v) is 8.92. The van der Waals surface area contributed by atoms with E-state index in [2.05, 4.69) is 32.3 Å². The number of carbonyl (C=O) groups excluding carboxylic acids is 1. The van der Waals surface area contributed by atoms with Gasteiger partial charge in [0.05, 0.1) is 32.3 Å². The second-order valence-electron chi connectivity index (χ2n) is 7.86. The number of imidazole rings is 1.